The van der Waals surface area contributed by atoms with Crippen molar-refractivity contribution in [1.82, 2.24) is 10.6 Å². The lowest BCUT2D eigenvalue weighted by molar-refractivity contribution is -0.126. The predicted octanol–water partition coefficient (Wildman–Crippen LogP) is 0.527. The van der Waals surface area contributed by atoms with Gasteiger partial charge in [-0.1, -0.05) is 6.92 Å². The number of ether oxygens (including phenoxy) is 1. The highest BCUT2D eigenvalue weighted by atomic mass is 16.5. The number of nitrogens with one attached hydrogen (secondary N) is 2. The van der Waals surface area contributed by atoms with E-state index in [0.717, 1.165) is 32.5 Å². The first kappa shape index (κ1) is 11.9. The number of carbonyl (C=O) groups excluding carboxylic acids is 1. The van der Waals surface area contributed by atoms with Crippen molar-refractivity contribution in [2.24, 2.45) is 11.8 Å². The quantitative estimate of drug-likeness (QED) is 0.738. The lowest BCUT2D eigenvalue weighted by Gasteiger charge is -2.24. The molecule has 0 saturated carbocycles. The molecule has 1 unspecified atom stereocenters. The summed E-state index contributed by atoms with van der Waals surface area (Å²) in [6, 6.07) is 0. The number of hydrogen-bond donors (Lipinski definition) is 2. The summed E-state index contributed by atoms with van der Waals surface area (Å²) in [5, 5.41) is 6.28. The molecule has 0 aromatic heterocycles. The molecule has 2 N–H and O–H groups in total. The Kier molecular flexibility index (Phi) is 3.50. The van der Waals surface area contributed by atoms with E-state index in [-0.39, 0.29) is 17.4 Å². The predicted molar refractivity (Wildman–Crippen MR) is 62.1 cm³/mol. The SMILES string of the molecule is C[C@@H]1CNC[C@H]1C(=O)NCC1(C)CCCO1. The fourth-order valence-electron chi connectivity index (χ4n) is 2.54. The van der Waals surface area contributed by atoms with Crippen molar-refractivity contribution < 1.29 is 9.53 Å². The maximum absolute atomic E-state index is 11.9. The summed E-state index contributed by atoms with van der Waals surface area (Å²) in [5.74, 6) is 0.747. The fraction of sp³-hybridized carbons (Fsp3) is 0.917. The van der Waals surface area contributed by atoms with Gasteiger partial charge in [-0.3, -0.25) is 4.79 Å². The molecule has 0 radical (unpaired) electrons. The zero-order valence-corrected chi connectivity index (χ0v) is 10.2. The maximum atomic E-state index is 11.9. The number of rotatable bonds is 3. The third-order valence-electron chi connectivity index (χ3n) is 3.79. The van der Waals surface area contributed by atoms with Crippen LogP contribution in [0.3, 0.4) is 0 Å². The van der Waals surface area contributed by atoms with E-state index >= 15 is 0 Å². The summed E-state index contributed by atoms with van der Waals surface area (Å²) in [7, 11) is 0. The van der Waals surface area contributed by atoms with Crippen LogP contribution in [-0.4, -0.2) is 37.7 Å². The van der Waals surface area contributed by atoms with Crippen molar-refractivity contribution >= 4 is 5.91 Å². The average molecular weight is 226 g/mol. The van der Waals surface area contributed by atoms with Gasteiger partial charge in [-0.25, -0.2) is 0 Å². The molecule has 2 saturated heterocycles. The Morgan fingerprint density at radius 2 is 2.38 bits per heavy atom. The maximum Gasteiger partial charge on any atom is 0.224 e. The Morgan fingerprint density at radius 3 is 2.94 bits per heavy atom. The molecule has 1 amide bonds. The normalized spacial score (nSPS) is 38.9. The monoisotopic (exact) mass is 226 g/mol. The first-order chi connectivity index (χ1) is 7.61. The highest BCUT2D eigenvalue weighted by molar-refractivity contribution is 5.79. The molecule has 16 heavy (non-hydrogen) atoms. The molecule has 0 aromatic rings. The molecule has 0 spiro atoms. The molecule has 4 nitrogen and oxygen atoms in total. The molecule has 92 valence electrons. The molecule has 0 aliphatic carbocycles. The molecule has 2 heterocycles. The van der Waals surface area contributed by atoms with Crippen LogP contribution < -0.4 is 10.6 Å². The standard InChI is InChI=1S/C12H22N2O2/c1-9-6-13-7-10(9)11(15)14-8-12(2)4-3-5-16-12/h9-10,13H,3-8H2,1-2H3,(H,14,15)/t9-,10-,12?/m1/s1. The van der Waals surface area contributed by atoms with E-state index in [1.54, 1.807) is 0 Å². The molecular formula is C12H22N2O2. The summed E-state index contributed by atoms with van der Waals surface area (Å²) in [6.45, 7) is 7.44. The van der Waals surface area contributed by atoms with Crippen LogP contribution in [0.2, 0.25) is 0 Å². The Bertz CT molecular complexity index is 262. The van der Waals surface area contributed by atoms with Crippen molar-refractivity contribution in [1.29, 1.82) is 0 Å². The summed E-state index contributed by atoms with van der Waals surface area (Å²) in [5.41, 5.74) is -0.134. The lowest BCUT2D eigenvalue weighted by atomic mass is 9.96. The van der Waals surface area contributed by atoms with Gasteiger partial charge in [0.1, 0.15) is 0 Å². The molecule has 2 aliphatic heterocycles. The van der Waals surface area contributed by atoms with Crippen LogP contribution in [0.15, 0.2) is 0 Å². The van der Waals surface area contributed by atoms with Crippen LogP contribution in [0, 0.1) is 11.8 Å². The average Bonchev–Trinajstić information content (AvgIpc) is 2.85. The van der Waals surface area contributed by atoms with E-state index in [1.807, 2.05) is 0 Å². The Hall–Kier alpha value is -0.610. The molecule has 0 bridgehead atoms. The van der Waals surface area contributed by atoms with Crippen molar-refractivity contribution in [3.63, 3.8) is 0 Å². The molecule has 0 aromatic carbocycles. The highest BCUT2D eigenvalue weighted by Crippen LogP contribution is 2.24. The van der Waals surface area contributed by atoms with E-state index in [4.69, 9.17) is 4.74 Å². The summed E-state index contributed by atoms with van der Waals surface area (Å²) in [6.07, 6.45) is 2.15. The first-order valence-electron chi connectivity index (χ1n) is 6.23. The summed E-state index contributed by atoms with van der Waals surface area (Å²) >= 11 is 0. The van der Waals surface area contributed by atoms with Crippen LogP contribution in [-0.2, 0) is 9.53 Å². The molecule has 3 atom stereocenters. The lowest BCUT2D eigenvalue weighted by Crippen LogP contribution is -2.43. The molecule has 2 rings (SSSR count). The second-order valence-electron chi connectivity index (χ2n) is 5.36. The van der Waals surface area contributed by atoms with Crippen LogP contribution in [0.5, 0.6) is 0 Å². The minimum atomic E-state index is -0.134. The van der Waals surface area contributed by atoms with Gasteiger partial charge >= 0.3 is 0 Å². The third kappa shape index (κ3) is 2.55. The van der Waals surface area contributed by atoms with Crippen LogP contribution in [0.1, 0.15) is 26.7 Å². The van der Waals surface area contributed by atoms with E-state index < -0.39 is 0 Å². The third-order valence-corrected chi connectivity index (χ3v) is 3.79. The fourth-order valence-corrected chi connectivity index (χ4v) is 2.54. The smallest absolute Gasteiger partial charge is 0.224 e. The Balaban J connectivity index is 1.79. The summed E-state index contributed by atoms with van der Waals surface area (Å²) in [4.78, 5) is 11.9. The highest BCUT2D eigenvalue weighted by Gasteiger charge is 2.33. The van der Waals surface area contributed by atoms with Gasteiger partial charge in [-0.05, 0) is 32.2 Å². The van der Waals surface area contributed by atoms with Gasteiger partial charge in [0.25, 0.3) is 0 Å². The minimum Gasteiger partial charge on any atom is -0.373 e. The second-order valence-corrected chi connectivity index (χ2v) is 5.36. The topological polar surface area (TPSA) is 50.4 Å². The van der Waals surface area contributed by atoms with Gasteiger partial charge in [-0.15, -0.1) is 0 Å². The van der Waals surface area contributed by atoms with Crippen LogP contribution >= 0.6 is 0 Å². The summed E-state index contributed by atoms with van der Waals surface area (Å²) < 4.78 is 5.65. The van der Waals surface area contributed by atoms with Crippen molar-refractivity contribution in [2.45, 2.75) is 32.3 Å². The Morgan fingerprint density at radius 1 is 1.56 bits per heavy atom. The van der Waals surface area contributed by atoms with Gasteiger partial charge < -0.3 is 15.4 Å². The molecular weight excluding hydrogens is 204 g/mol. The van der Waals surface area contributed by atoms with Crippen molar-refractivity contribution in [3.05, 3.63) is 0 Å². The molecule has 4 heteroatoms. The number of carbonyl (C=O) groups is 1. The minimum absolute atomic E-state index is 0.130. The van der Waals surface area contributed by atoms with Crippen LogP contribution in [0.4, 0.5) is 0 Å². The van der Waals surface area contributed by atoms with E-state index in [0.29, 0.717) is 12.5 Å². The molecule has 2 aliphatic rings. The van der Waals surface area contributed by atoms with Gasteiger partial charge in [0, 0.05) is 19.7 Å². The Labute approximate surface area is 97.1 Å². The number of hydrogen-bond acceptors (Lipinski definition) is 3. The zero-order chi connectivity index (χ0) is 11.6. The number of amides is 1. The largest absolute Gasteiger partial charge is 0.373 e. The van der Waals surface area contributed by atoms with Crippen molar-refractivity contribution in [2.75, 3.05) is 26.2 Å². The van der Waals surface area contributed by atoms with Crippen molar-refractivity contribution in [3.8, 4) is 0 Å². The first-order valence-corrected chi connectivity index (χ1v) is 6.23. The van der Waals surface area contributed by atoms with E-state index in [2.05, 4.69) is 24.5 Å². The van der Waals surface area contributed by atoms with Gasteiger partial charge in [-0.2, -0.15) is 0 Å². The van der Waals surface area contributed by atoms with E-state index in [1.165, 1.54) is 0 Å². The molecule has 2 fully saturated rings. The van der Waals surface area contributed by atoms with Crippen LogP contribution in [0.25, 0.3) is 0 Å². The zero-order valence-electron chi connectivity index (χ0n) is 10.2. The van der Waals surface area contributed by atoms with Gasteiger partial charge in [0.15, 0.2) is 0 Å². The van der Waals surface area contributed by atoms with E-state index in [9.17, 15) is 4.79 Å². The van der Waals surface area contributed by atoms with Gasteiger partial charge in [0.05, 0.1) is 11.5 Å². The van der Waals surface area contributed by atoms with Gasteiger partial charge in [0.2, 0.25) is 5.91 Å². The second kappa shape index (κ2) is 4.72.